The first-order valence-corrected chi connectivity index (χ1v) is 9.14. The standard InChI is InChI=1S/C20H24ClN3O2/c1-15(20(25)22-18-14-16(21)8-9-19(18)26-2)23-10-12-24(13-11-23)17-6-4-3-5-7-17/h3-9,14-15H,10-13H2,1-2H3,(H,22,25)/t15-/m1/s1. The number of ether oxygens (including phenoxy) is 1. The van der Waals surface area contributed by atoms with E-state index in [9.17, 15) is 4.79 Å². The fraction of sp³-hybridized carbons (Fsp3) is 0.350. The van der Waals surface area contributed by atoms with Crippen LogP contribution >= 0.6 is 11.6 Å². The lowest BCUT2D eigenvalue weighted by atomic mass is 10.2. The third kappa shape index (κ3) is 4.29. The molecule has 0 aromatic heterocycles. The lowest BCUT2D eigenvalue weighted by molar-refractivity contribution is -0.120. The molecule has 1 aliphatic heterocycles. The molecule has 1 saturated heterocycles. The van der Waals surface area contributed by atoms with E-state index in [1.54, 1.807) is 25.3 Å². The van der Waals surface area contributed by atoms with E-state index in [1.807, 2.05) is 13.0 Å². The van der Waals surface area contributed by atoms with Gasteiger partial charge in [0, 0.05) is 36.9 Å². The van der Waals surface area contributed by atoms with Crippen molar-refractivity contribution in [2.45, 2.75) is 13.0 Å². The number of piperazine rings is 1. The Labute approximate surface area is 159 Å². The third-order valence-corrected chi connectivity index (χ3v) is 5.02. The smallest absolute Gasteiger partial charge is 0.241 e. The minimum atomic E-state index is -0.225. The number of rotatable bonds is 5. The number of halogens is 1. The predicted molar refractivity (Wildman–Crippen MR) is 106 cm³/mol. The Hall–Kier alpha value is -2.24. The van der Waals surface area contributed by atoms with Crippen LogP contribution in [0.15, 0.2) is 48.5 Å². The fourth-order valence-electron chi connectivity index (χ4n) is 3.19. The van der Waals surface area contributed by atoms with Gasteiger partial charge in [-0.05, 0) is 37.3 Å². The number of para-hydroxylation sites is 1. The molecule has 1 amide bonds. The number of nitrogens with zero attached hydrogens (tertiary/aromatic N) is 2. The van der Waals surface area contributed by atoms with Crippen LogP contribution in [0.1, 0.15) is 6.92 Å². The Morgan fingerprint density at radius 3 is 2.46 bits per heavy atom. The summed E-state index contributed by atoms with van der Waals surface area (Å²) in [5.74, 6) is 0.544. The molecule has 6 heteroatoms. The molecule has 26 heavy (non-hydrogen) atoms. The number of carbonyl (C=O) groups is 1. The van der Waals surface area contributed by atoms with E-state index < -0.39 is 0 Å². The first-order valence-electron chi connectivity index (χ1n) is 8.77. The summed E-state index contributed by atoms with van der Waals surface area (Å²) in [6, 6.07) is 15.3. The van der Waals surface area contributed by atoms with Gasteiger partial charge in [-0.1, -0.05) is 29.8 Å². The van der Waals surface area contributed by atoms with Gasteiger partial charge in [-0.3, -0.25) is 9.69 Å². The van der Waals surface area contributed by atoms with E-state index in [-0.39, 0.29) is 11.9 Å². The van der Waals surface area contributed by atoms with Gasteiger partial charge in [0.05, 0.1) is 18.8 Å². The molecule has 138 valence electrons. The summed E-state index contributed by atoms with van der Waals surface area (Å²) in [5, 5.41) is 3.50. The van der Waals surface area contributed by atoms with Gasteiger partial charge in [0.2, 0.25) is 5.91 Å². The molecule has 0 saturated carbocycles. The van der Waals surface area contributed by atoms with E-state index in [0.29, 0.717) is 16.5 Å². The second kappa shape index (κ2) is 8.43. The van der Waals surface area contributed by atoms with Crippen LogP contribution in [0.2, 0.25) is 5.02 Å². The molecule has 0 spiro atoms. The normalized spacial score (nSPS) is 16.2. The number of methoxy groups -OCH3 is 1. The van der Waals surface area contributed by atoms with Crippen LogP contribution < -0.4 is 15.0 Å². The lowest BCUT2D eigenvalue weighted by Gasteiger charge is -2.38. The molecule has 1 N–H and O–H groups in total. The summed E-state index contributed by atoms with van der Waals surface area (Å²) in [5.41, 5.74) is 1.83. The Morgan fingerprint density at radius 2 is 1.81 bits per heavy atom. The van der Waals surface area contributed by atoms with Crippen LogP contribution in [0.5, 0.6) is 5.75 Å². The molecule has 3 rings (SSSR count). The van der Waals surface area contributed by atoms with Crippen molar-refractivity contribution in [1.29, 1.82) is 0 Å². The quantitative estimate of drug-likeness (QED) is 0.871. The third-order valence-electron chi connectivity index (χ3n) is 4.78. The van der Waals surface area contributed by atoms with Gasteiger partial charge in [0.15, 0.2) is 0 Å². The molecular formula is C20H24ClN3O2. The molecule has 1 aliphatic rings. The van der Waals surface area contributed by atoms with Crippen LogP contribution in [-0.2, 0) is 4.79 Å². The number of amides is 1. The molecule has 2 aromatic carbocycles. The maximum Gasteiger partial charge on any atom is 0.241 e. The van der Waals surface area contributed by atoms with Crippen molar-refractivity contribution in [2.24, 2.45) is 0 Å². The highest BCUT2D eigenvalue weighted by Gasteiger charge is 2.26. The van der Waals surface area contributed by atoms with Crippen molar-refractivity contribution in [3.8, 4) is 5.75 Å². The summed E-state index contributed by atoms with van der Waals surface area (Å²) >= 11 is 6.04. The number of carbonyl (C=O) groups excluding carboxylic acids is 1. The predicted octanol–water partition coefficient (Wildman–Crippen LogP) is 3.50. The van der Waals surface area contributed by atoms with Crippen LogP contribution in [0.4, 0.5) is 11.4 Å². The van der Waals surface area contributed by atoms with Gasteiger partial charge < -0.3 is 15.0 Å². The first-order chi connectivity index (χ1) is 12.6. The van der Waals surface area contributed by atoms with Crippen LogP contribution in [0, 0.1) is 0 Å². The molecular weight excluding hydrogens is 350 g/mol. The zero-order valence-corrected chi connectivity index (χ0v) is 15.9. The largest absolute Gasteiger partial charge is 0.495 e. The number of hydrogen-bond acceptors (Lipinski definition) is 4. The van der Waals surface area contributed by atoms with Gasteiger partial charge in [-0.25, -0.2) is 0 Å². The molecule has 5 nitrogen and oxygen atoms in total. The summed E-state index contributed by atoms with van der Waals surface area (Å²) in [7, 11) is 1.57. The van der Waals surface area contributed by atoms with E-state index in [4.69, 9.17) is 16.3 Å². The van der Waals surface area contributed by atoms with Gasteiger partial charge in [-0.2, -0.15) is 0 Å². The number of anilines is 2. The van der Waals surface area contributed by atoms with Crippen molar-refractivity contribution in [2.75, 3.05) is 43.5 Å². The highest BCUT2D eigenvalue weighted by Crippen LogP contribution is 2.28. The number of nitrogens with one attached hydrogen (secondary N) is 1. The van der Waals surface area contributed by atoms with E-state index in [0.717, 1.165) is 26.2 Å². The molecule has 0 radical (unpaired) electrons. The topological polar surface area (TPSA) is 44.8 Å². The second-order valence-corrected chi connectivity index (χ2v) is 6.80. The molecule has 1 heterocycles. The van der Waals surface area contributed by atoms with Crippen molar-refractivity contribution in [1.82, 2.24) is 4.90 Å². The molecule has 0 aliphatic carbocycles. The van der Waals surface area contributed by atoms with Gasteiger partial charge >= 0.3 is 0 Å². The molecule has 1 fully saturated rings. The van der Waals surface area contributed by atoms with Gasteiger partial charge in [-0.15, -0.1) is 0 Å². The SMILES string of the molecule is COc1ccc(Cl)cc1NC(=O)[C@@H](C)N1CCN(c2ccccc2)CC1. The first kappa shape index (κ1) is 18.5. The lowest BCUT2D eigenvalue weighted by Crippen LogP contribution is -2.52. The molecule has 0 bridgehead atoms. The summed E-state index contributed by atoms with van der Waals surface area (Å²) in [6.45, 7) is 5.43. The highest BCUT2D eigenvalue weighted by atomic mass is 35.5. The van der Waals surface area contributed by atoms with Crippen LogP contribution in [0.3, 0.4) is 0 Å². The van der Waals surface area contributed by atoms with Crippen molar-refractivity contribution < 1.29 is 9.53 Å². The average molecular weight is 374 g/mol. The Morgan fingerprint density at radius 1 is 1.12 bits per heavy atom. The molecule has 2 aromatic rings. The van der Waals surface area contributed by atoms with Crippen molar-refractivity contribution in [3.63, 3.8) is 0 Å². The maximum absolute atomic E-state index is 12.7. The van der Waals surface area contributed by atoms with E-state index in [1.165, 1.54) is 5.69 Å². The zero-order chi connectivity index (χ0) is 18.5. The Bertz CT molecular complexity index is 746. The average Bonchev–Trinajstić information content (AvgIpc) is 2.68. The minimum absolute atomic E-state index is 0.0567. The Kier molecular flexibility index (Phi) is 6.01. The Balaban J connectivity index is 1.59. The summed E-state index contributed by atoms with van der Waals surface area (Å²) in [4.78, 5) is 17.2. The number of benzene rings is 2. The van der Waals surface area contributed by atoms with Gasteiger partial charge in [0.25, 0.3) is 0 Å². The van der Waals surface area contributed by atoms with Crippen molar-refractivity contribution >= 4 is 28.9 Å². The fourth-order valence-corrected chi connectivity index (χ4v) is 3.36. The second-order valence-electron chi connectivity index (χ2n) is 6.37. The van der Waals surface area contributed by atoms with Crippen molar-refractivity contribution in [3.05, 3.63) is 53.6 Å². The molecule has 1 atom stereocenters. The van der Waals surface area contributed by atoms with E-state index in [2.05, 4.69) is 39.4 Å². The number of hydrogen-bond donors (Lipinski definition) is 1. The van der Waals surface area contributed by atoms with Crippen LogP contribution in [0.25, 0.3) is 0 Å². The zero-order valence-electron chi connectivity index (χ0n) is 15.1. The minimum Gasteiger partial charge on any atom is -0.495 e. The summed E-state index contributed by atoms with van der Waals surface area (Å²) < 4.78 is 5.30. The highest BCUT2D eigenvalue weighted by molar-refractivity contribution is 6.31. The van der Waals surface area contributed by atoms with E-state index >= 15 is 0 Å². The molecule has 0 unspecified atom stereocenters. The maximum atomic E-state index is 12.7. The summed E-state index contributed by atoms with van der Waals surface area (Å²) in [6.07, 6.45) is 0. The van der Waals surface area contributed by atoms with Crippen LogP contribution in [-0.4, -0.2) is 50.1 Å². The van der Waals surface area contributed by atoms with Gasteiger partial charge in [0.1, 0.15) is 5.75 Å². The monoisotopic (exact) mass is 373 g/mol.